The molecule has 21 heavy (non-hydrogen) atoms. The molecule has 0 saturated carbocycles. The molecule has 1 aromatic carbocycles. The minimum Gasteiger partial charge on any atom is -0.370 e. The second kappa shape index (κ2) is 6.25. The lowest BCUT2D eigenvalue weighted by Crippen LogP contribution is -2.06. The summed E-state index contributed by atoms with van der Waals surface area (Å²) in [7, 11) is 0. The van der Waals surface area contributed by atoms with E-state index in [9.17, 15) is 0 Å². The third kappa shape index (κ3) is 3.41. The molecule has 0 unspecified atom stereocenters. The highest BCUT2D eigenvalue weighted by Gasteiger charge is 2.13. The van der Waals surface area contributed by atoms with Crippen LogP contribution in [0.2, 0.25) is 0 Å². The van der Waals surface area contributed by atoms with E-state index in [1.54, 1.807) is 0 Å². The van der Waals surface area contributed by atoms with Crippen molar-refractivity contribution in [3.63, 3.8) is 0 Å². The Bertz CT molecular complexity index is 622. The lowest BCUT2D eigenvalue weighted by atomic mass is 9.99. The Labute approximate surface area is 127 Å². The van der Waals surface area contributed by atoms with Gasteiger partial charge in [0.15, 0.2) is 5.82 Å². The highest BCUT2D eigenvalue weighted by molar-refractivity contribution is 5.66. The van der Waals surface area contributed by atoms with Crippen molar-refractivity contribution >= 4 is 5.82 Å². The molecule has 0 aliphatic rings. The molecule has 0 radical (unpaired) electrons. The van der Waals surface area contributed by atoms with Crippen LogP contribution in [0.4, 0.5) is 5.82 Å². The van der Waals surface area contributed by atoms with Gasteiger partial charge in [0.05, 0.1) is 0 Å². The summed E-state index contributed by atoms with van der Waals surface area (Å²) in [6.07, 6.45) is 0. The minimum absolute atomic E-state index is 0.384. The van der Waals surface area contributed by atoms with Crippen LogP contribution in [-0.2, 0) is 0 Å². The standard InChI is InChI=1S/C18H25N3/c1-7-19-16-10-15(11(2)3)20-18(21-16)17-13(5)8-12(4)9-14(17)6/h8-11H,7H2,1-6H3,(H,19,20,21). The van der Waals surface area contributed by atoms with Gasteiger partial charge >= 0.3 is 0 Å². The molecule has 0 amide bonds. The molecule has 0 aliphatic heterocycles. The van der Waals surface area contributed by atoms with Crippen LogP contribution >= 0.6 is 0 Å². The molecule has 0 fully saturated rings. The Hall–Kier alpha value is -1.90. The monoisotopic (exact) mass is 283 g/mol. The maximum Gasteiger partial charge on any atom is 0.162 e. The van der Waals surface area contributed by atoms with Crippen LogP contribution in [0, 0.1) is 20.8 Å². The quantitative estimate of drug-likeness (QED) is 0.889. The lowest BCUT2D eigenvalue weighted by Gasteiger charge is -2.14. The highest BCUT2D eigenvalue weighted by Crippen LogP contribution is 2.28. The van der Waals surface area contributed by atoms with Crippen LogP contribution in [0.5, 0.6) is 0 Å². The largest absolute Gasteiger partial charge is 0.370 e. The van der Waals surface area contributed by atoms with Gasteiger partial charge in [-0.25, -0.2) is 9.97 Å². The Morgan fingerprint density at radius 2 is 1.62 bits per heavy atom. The molecular formula is C18H25N3. The predicted molar refractivity (Wildman–Crippen MR) is 89.9 cm³/mol. The molecule has 0 atom stereocenters. The summed E-state index contributed by atoms with van der Waals surface area (Å²) in [5.74, 6) is 2.12. The van der Waals surface area contributed by atoms with Crippen molar-refractivity contribution in [2.24, 2.45) is 0 Å². The second-order valence-corrected chi connectivity index (χ2v) is 5.96. The smallest absolute Gasteiger partial charge is 0.162 e. The van der Waals surface area contributed by atoms with Crippen LogP contribution in [0.25, 0.3) is 11.4 Å². The molecule has 2 rings (SSSR count). The fourth-order valence-corrected chi connectivity index (χ4v) is 2.68. The summed E-state index contributed by atoms with van der Waals surface area (Å²) in [4.78, 5) is 9.49. The SMILES string of the molecule is CCNc1cc(C(C)C)nc(-c2c(C)cc(C)cc2C)n1. The maximum atomic E-state index is 4.79. The average Bonchev–Trinajstić information content (AvgIpc) is 2.37. The van der Waals surface area contributed by atoms with E-state index in [4.69, 9.17) is 9.97 Å². The molecule has 1 heterocycles. The van der Waals surface area contributed by atoms with Gasteiger partial charge in [-0.3, -0.25) is 0 Å². The molecule has 0 saturated heterocycles. The second-order valence-electron chi connectivity index (χ2n) is 5.96. The first-order chi connectivity index (χ1) is 9.92. The topological polar surface area (TPSA) is 37.8 Å². The predicted octanol–water partition coefficient (Wildman–Crippen LogP) is 4.62. The normalized spacial score (nSPS) is 11.0. The third-order valence-electron chi connectivity index (χ3n) is 3.60. The van der Waals surface area contributed by atoms with E-state index in [2.05, 4.69) is 65.1 Å². The zero-order chi connectivity index (χ0) is 15.6. The van der Waals surface area contributed by atoms with Gasteiger partial charge in [-0.15, -0.1) is 0 Å². The maximum absolute atomic E-state index is 4.79. The molecule has 3 nitrogen and oxygen atoms in total. The fraction of sp³-hybridized carbons (Fsp3) is 0.444. The van der Waals surface area contributed by atoms with Crippen LogP contribution in [0.3, 0.4) is 0 Å². The van der Waals surface area contributed by atoms with Crippen LogP contribution in [-0.4, -0.2) is 16.5 Å². The van der Waals surface area contributed by atoms with Gasteiger partial charge < -0.3 is 5.32 Å². The van der Waals surface area contributed by atoms with E-state index in [1.165, 1.54) is 16.7 Å². The summed E-state index contributed by atoms with van der Waals surface area (Å²) in [6.45, 7) is 13.7. The van der Waals surface area contributed by atoms with Gasteiger partial charge in [-0.2, -0.15) is 0 Å². The van der Waals surface area contributed by atoms with Crippen LogP contribution < -0.4 is 5.32 Å². The van der Waals surface area contributed by atoms with Gasteiger partial charge in [-0.1, -0.05) is 31.5 Å². The zero-order valence-corrected chi connectivity index (χ0v) is 13.9. The summed E-state index contributed by atoms with van der Waals surface area (Å²) in [6, 6.07) is 6.44. The molecule has 0 spiro atoms. The minimum atomic E-state index is 0.384. The summed E-state index contributed by atoms with van der Waals surface area (Å²) in [5.41, 5.74) is 5.98. The van der Waals surface area contributed by atoms with E-state index >= 15 is 0 Å². The number of anilines is 1. The van der Waals surface area contributed by atoms with E-state index in [0.717, 1.165) is 29.4 Å². The third-order valence-corrected chi connectivity index (χ3v) is 3.60. The van der Waals surface area contributed by atoms with E-state index in [0.29, 0.717) is 5.92 Å². The molecule has 112 valence electrons. The number of nitrogens with one attached hydrogen (secondary N) is 1. The number of hydrogen-bond acceptors (Lipinski definition) is 3. The van der Waals surface area contributed by atoms with Crippen LogP contribution in [0.1, 0.15) is 49.1 Å². The lowest BCUT2D eigenvalue weighted by molar-refractivity contribution is 0.816. The number of aromatic nitrogens is 2. The first kappa shape index (κ1) is 15.5. The zero-order valence-electron chi connectivity index (χ0n) is 13.9. The Morgan fingerprint density at radius 3 is 2.14 bits per heavy atom. The highest BCUT2D eigenvalue weighted by atomic mass is 15.0. The Kier molecular flexibility index (Phi) is 4.61. The van der Waals surface area contributed by atoms with Gasteiger partial charge in [0.25, 0.3) is 0 Å². The average molecular weight is 283 g/mol. The number of benzene rings is 1. The molecule has 0 aliphatic carbocycles. The molecular weight excluding hydrogens is 258 g/mol. The van der Waals surface area contributed by atoms with Crippen molar-refractivity contribution in [2.75, 3.05) is 11.9 Å². The summed E-state index contributed by atoms with van der Waals surface area (Å²) >= 11 is 0. The van der Waals surface area contributed by atoms with E-state index < -0.39 is 0 Å². The van der Waals surface area contributed by atoms with Crippen molar-refractivity contribution in [1.82, 2.24) is 9.97 Å². The van der Waals surface area contributed by atoms with Gasteiger partial charge in [0.1, 0.15) is 5.82 Å². The Morgan fingerprint density at radius 1 is 1.00 bits per heavy atom. The molecule has 3 heteroatoms. The van der Waals surface area contributed by atoms with Crippen molar-refractivity contribution < 1.29 is 0 Å². The molecule has 1 aromatic heterocycles. The summed E-state index contributed by atoms with van der Waals surface area (Å²) in [5, 5.41) is 3.31. The molecule has 1 N–H and O–H groups in total. The van der Waals surface area contributed by atoms with Crippen molar-refractivity contribution in [3.05, 3.63) is 40.6 Å². The molecule has 0 bridgehead atoms. The van der Waals surface area contributed by atoms with Gasteiger partial charge in [0, 0.05) is 23.9 Å². The van der Waals surface area contributed by atoms with Crippen molar-refractivity contribution in [3.8, 4) is 11.4 Å². The summed E-state index contributed by atoms with van der Waals surface area (Å²) < 4.78 is 0. The first-order valence-electron chi connectivity index (χ1n) is 7.63. The number of hydrogen-bond donors (Lipinski definition) is 1. The number of nitrogens with zero attached hydrogens (tertiary/aromatic N) is 2. The Balaban J connectivity index is 2.63. The fourth-order valence-electron chi connectivity index (χ4n) is 2.68. The van der Waals surface area contributed by atoms with E-state index in [-0.39, 0.29) is 0 Å². The molecule has 2 aromatic rings. The first-order valence-corrected chi connectivity index (χ1v) is 7.63. The van der Waals surface area contributed by atoms with E-state index in [1.807, 2.05) is 0 Å². The van der Waals surface area contributed by atoms with Gasteiger partial charge in [-0.05, 0) is 44.7 Å². The van der Waals surface area contributed by atoms with Crippen molar-refractivity contribution in [1.29, 1.82) is 0 Å². The van der Waals surface area contributed by atoms with Gasteiger partial charge in [0.2, 0.25) is 0 Å². The number of rotatable bonds is 4. The van der Waals surface area contributed by atoms with Crippen molar-refractivity contribution in [2.45, 2.75) is 47.5 Å². The number of aryl methyl sites for hydroxylation is 3. The van der Waals surface area contributed by atoms with Crippen LogP contribution in [0.15, 0.2) is 18.2 Å².